The number of ether oxygens (including phenoxy) is 1. The van der Waals surface area contributed by atoms with Gasteiger partial charge in [-0.15, -0.1) is 0 Å². The molecule has 0 aliphatic carbocycles. The second-order valence-electron chi connectivity index (χ2n) is 3.86. The molecule has 0 bridgehead atoms. The topological polar surface area (TPSA) is 41.5 Å². The van der Waals surface area contributed by atoms with Crippen LogP contribution in [0.5, 0.6) is 5.75 Å². The van der Waals surface area contributed by atoms with Crippen molar-refractivity contribution in [3.63, 3.8) is 0 Å². The van der Waals surface area contributed by atoms with Crippen LogP contribution in [0.3, 0.4) is 0 Å². The van der Waals surface area contributed by atoms with Crippen molar-refractivity contribution < 1.29 is 9.84 Å². The average Bonchev–Trinajstić information content (AvgIpc) is 2.26. The van der Waals surface area contributed by atoms with E-state index in [9.17, 15) is 5.11 Å². The Balaban J connectivity index is 2.60. The molecule has 0 spiro atoms. The highest BCUT2D eigenvalue weighted by molar-refractivity contribution is 5.29. The van der Waals surface area contributed by atoms with Crippen LogP contribution in [0.1, 0.15) is 25.5 Å². The normalized spacial score (nSPS) is 12.9. The van der Waals surface area contributed by atoms with E-state index < -0.39 is 6.10 Å². The standard InChI is InChI=1S/C12H19NO2/c1-9(2)13-8-12(14)10-5-4-6-11(7-10)15-3/h4-7,9,12-14H,8H2,1-3H3/t12-/m0/s1. The molecule has 1 aromatic rings. The summed E-state index contributed by atoms with van der Waals surface area (Å²) < 4.78 is 5.10. The highest BCUT2D eigenvalue weighted by atomic mass is 16.5. The number of hydrogen-bond donors (Lipinski definition) is 2. The fraction of sp³-hybridized carbons (Fsp3) is 0.500. The van der Waals surface area contributed by atoms with Crippen LogP contribution in [0.15, 0.2) is 24.3 Å². The zero-order valence-electron chi connectivity index (χ0n) is 9.53. The van der Waals surface area contributed by atoms with Crippen LogP contribution in [0, 0.1) is 0 Å². The molecule has 0 saturated carbocycles. The Morgan fingerprint density at radius 1 is 1.40 bits per heavy atom. The van der Waals surface area contributed by atoms with E-state index >= 15 is 0 Å². The summed E-state index contributed by atoms with van der Waals surface area (Å²) in [6.07, 6.45) is -0.484. The van der Waals surface area contributed by atoms with Gasteiger partial charge in [-0.05, 0) is 17.7 Å². The zero-order chi connectivity index (χ0) is 11.3. The summed E-state index contributed by atoms with van der Waals surface area (Å²) in [6, 6.07) is 7.88. The molecule has 0 radical (unpaired) electrons. The Bertz CT molecular complexity index is 299. The van der Waals surface area contributed by atoms with Crippen LogP contribution in [0.4, 0.5) is 0 Å². The van der Waals surface area contributed by atoms with Crippen molar-refractivity contribution in [1.29, 1.82) is 0 Å². The lowest BCUT2D eigenvalue weighted by Crippen LogP contribution is -2.27. The molecule has 1 aromatic carbocycles. The lowest BCUT2D eigenvalue weighted by molar-refractivity contribution is 0.171. The van der Waals surface area contributed by atoms with Crippen molar-refractivity contribution in [3.8, 4) is 5.75 Å². The van der Waals surface area contributed by atoms with Crippen LogP contribution in [-0.4, -0.2) is 24.8 Å². The number of benzene rings is 1. The SMILES string of the molecule is COc1cccc([C@@H](O)CNC(C)C)c1. The molecule has 0 unspecified atom stereocenters. The highest BCUT2D eigenvalue weighted by Crippen LogP contribution is 2.18. The summed E-state index contributed by atoms with van der Waals surface area (Å²) >= 11 is 0. The van der Waals surface area contributed by atoms with Crippen molar-refractivity contribution >= 4 is 0 Å². The van der Waals surface area contributed by atoms with E-state index in [4.69, 9.17) is 4.74 Å². The maximum absolute atomic E-state index is 9.87. The molecule has 1 rings (SSSR count). The molecule has 0 aliphatic rings. The number of aliphatic hydroxyl groups excluding tert-OH is 1. The smallest absolute Gasteiger partial charge is 0.119 e. The summed E-state index contributed by atoms with van der Waals surface area (Å²) in [5.74, 6) is 0.774. The number of hydrogen-bond acceptors (Lipinski definition) is 3. The molecule has 0 saturated heterocycles. The van der Waals surface area contributed by atoms with Gasteiger partial charge in [0.05, 0.1) is 13.2 Å². The monoisotopic (exact) mass is 209 g/mol. The molecular weight excluding hydrogens is 190 g/mol. The first-order valence-corrected chi connectivity index (χ1v) is 5.19. The summed E-state index contributed by atoms with van der Waals surface area (Å²) in [5.41, 5.74) is 0.877. The van der Waals surface area contributed by atoms with Gasteiger partial charge in [-0.3, -0.25) is 0 Å². The minimum absolute atomic E-state index is 0.380. The Morgan fingerprint density at radius 2 is 2.13 bits per heavy atom. The van der Waals surface area contributed by atoms with E-state index in [1.54, 1.807) is 7.11 Å². The molecule has 2 N–H and O–H groups in total. The van der Waals surface area contributed by atoms with E-state index in [0.717, 1.165) is 11.3 Å². The molecular formula is C12H19NO2. The predicted molar refractivity (Wildman–Crippen MR) is 61.1 cm³/mol. The van der Waals surface area contributed by atoms with Crippen molar-refractivity contribution in [3.05, 3.63) is 29.8 Å². The van der Waals surface area contributed by atoms with E-state index in [-0.39, 0.29) is 0 Å². The first-order chi connectivity index (χ1) is 7.13. The number of aliphatic hydroxyl groups is 1. The number of rotatable bonds is 5. The van der Waals surface area contributed by atoms with Crippen molar-refractivity contribution in [2.45, 2.75) is 26.0 Å². The first-order valence-electron chi connectivity index (χ1n) is 5.19. The average molecular weight is 209 g/mol. The Kier molecular flexibility index (Phi) is 4.59. The minimum Gasteiger partial charge on any atom is -0.497 e. The fourth-order valence-electron chi connectivity index (χ4n) is 1.31. The van der Waals surface area contributed by atoms with E-state index in [1.165, 1.54) is 0 Å². The van der Waals surface area contributed by atoms with Gasteiger partial charge in [0.2, 0.25) is 0 Å². The molecule has 3 heteroatoms. The van der Waals surface area contributed by atoms with Crippen LogP contribution < -0.4 is 10.1 Å². The van der Waals surface area contributed by atoms with Gasteiger partial charge in [-0.25, -0.2) is 0 Å². The van der Waals surface area contributed by atoms with Crippen LogP contribution >= 0.6 is 0 Å². The second kappa shape index (κ2) is 5.73. The van der Waals surface area contributed by atoms with Gasteiger partial charge in [0, 0.05) is 12.6 Å². The maximum atomic E-state index is 9.87. The van der Waals surface area contributed by atoms with Crippen molar-refractivity contribution in [2.75, 3.05) is 13.7 Å². The third kappa shape index (κ3) is 3.90. The molecule has 15 heavy (non-hydrogen) atoms. The Labute approximate surface area is 91.1 Å². The fourth-order valence-corrected chi connectivity index (χ4v) is 1.31. The maximum Gasteiger partial charge on any atom is 0.119 e. The third-order valence-corrected chi connectivity index (χ3v) is 2.20. The van der Waals surface area contributed by atoms with Gasteiger partial charge >= 0.3 is 0 Å². The van der Waals surface area contributed by atoms with Crippen molar-refractivity contribution in [2.24, 2.45) is 0 Å². The number of nitrogens with one attached hydrogen (secondary N) is 1. The van der Waals surface area contributed by atoms with E-state index in [2.05, 4.69) is 19.2 Å². The summed E-state index contributed by atoms with van der Waals surface area (Å²) in [7, 11) is 1.62. The van der Waals surface area contributed by atoms with E-state index in [0.29, 0.717) is 12.6 Å². The quantitative estimate of drug-likeness (QED) is 0.776. The minimum atomic E-state index is -0.484. The third-order valence-electron chi connectivity index (χ3n) is 2.20. The Hall–Kier alpha value is -1.06. The van der Waals surface area contributed by atoms with Gasteiger partial charge in [-0.1, -0.05) is 26.0 Å². The van der Waals surface area contributed by atoms with Crippen molar-refractivity contribution in [1.82, 2.24) is 5.32 Å². The van der Waals surface area contributed by atoms with Gasteiger partial charge < -0.3 is 15.2 Å². The molecule has 0 aromatic heterocycles. The van der Waals surface area contributed by atoms with Gasteiger partial charge in [0.15, 0.2) is 0 Å². The van der Waals surface area contributed by atoms with Gasteiger partial charge in [0.1, 0.15) is 5.75 Å². The van der Waals surface area contributed by atoms with Gasteiger partial charge in [-0.2, -0.15) is 0 Å². The summed E-state index contributed by atoms with van der Waals surface area (Å²) in [6.45, 7) is 4.67. The summed E-state index contributed by atoms with van der Waals surface area (Å²) in [5, 5.41) is 13.1. The largest absolute Gasteiger partial charge is 0.497 e. The molecule has 1 atom stereocenters. The molecule has 0 amide bonds. The highest BCUT2D eigenvalue weighted by Gasteiger charge is 2.08. The number of methoxy groups -OCH3 is 1. The van der Waals surface area contributed by atoms with Crippen LogP contribution in [-0.2, 0) is 0 Å². The lowest BCUT2D eigenvalue weighted by atomic mass is 10.1. The molecule has 0 aliphatic heterocycles. The van der Waals surface area contributed by atoms with E-state index in [1.807, 2.05) is 24.3 Å². The molecule has 3 nitrogen and oxygen atoms in total. The summed E-state index contributed by atoms with van der Waals surface area (Å²) in [4.78, 5) is 0. The van der Waals surface area contributed by atoms with Crippen LogP contribution in [0.2, 0.25) is 0 Å². The Morgan fingerprint density at radius 3 is 2.73 bits per heavy atom. The predicted octanol–water partition coefficient (Wildman–Crippen LogP) is 1.73. The first kappa shape index (κ1) is 12.0. The zero-order valence-corrected chi connectivity index (χ0v) is 9.53. The molecule has 0 fully saturated rings. The molecule has 0 heterocycles. The lowest BCUT2D eigenvalue weighted by Gasteiger charge is -2.14. The van der Waals surface area contributed by atoms with Gasteiger partial charge in [0.25, 0.3) is 0 Å². The van der Waals surface area contributed by atoms with Crippen LogP contribution in [0.25, 0.3) is 0 Å². The second-order valence-corrected chi connectivity index (χ2v) is 3.86. The molecule has 84 valence electrons.